The Kier molecular flexibility index (Phi) is 2.81. The van der Waals surface area contributed by atoms with E-state index in [1.165, 1.54) is 19.6 Å². The van der Waals surface area contributed by atoms with Crippen LogP contribution in [0.1, 0.15) is 0 Å². The van der Waals surface area contributed by atoms with Crippen molar-refractivity contribution in [2.45, 2.75) is 0 Å². The van der Waals surface area contributed by atoms with E-state index in [1.54, 1.807) is 0 Å². The lowest BCUT2D eigenvalue weighted by atomic mass is 11.6. The quantitative estimate of drug-likeness (QED) is 0.612. The molecular weight excluding hydrogens is 176 g/mol. The van der Waals surface area contributed by atoms with Crippen molar-refractivity contribution in [3.63, 3.8) is 0 Å². The van der Waals surface area contributed by atoms with Gasteiger partial charge in [0.25, 0.3) is 0 Å². The first kappa shape index (κ1) is 9.86. The Labute approximate surface area is 61.2 Å². The molecule has 10 heavy (non-hydrogen) atoms. The first-order chi connectivity index (χ1) is 4.27. The average molecular weight is 186 g/mol. The number of hydrogen-bond donors (Lipinski definition) is 1. The first-order valence-electron chi connectivity index (χ1n) is 2.39. The van der Waals surface area contributed by atoms with Gasteiger partial charge in [0.05, 0.1) is 9.73 Å². The third kappa shape index (κ3) is 4.71. The molecule has 0 aromatic carbocycles. The summed E-state index contributed by atoms with van der Waals surface area (Å²) in [6.45, 7) is 0. The van der Waals surface area contributed by atoms with Crippen molar-refractivity contribution in [2.24, 2.45) is 3.77 Å². The molecular formula is C3H10N2O3S2. The van der Waals surface area contributed by atoms with Crippen LogP contribution in [0.5, 0.6) is 0 Å². The van der Waals surface area contributed by atoms with Gasteiger partial charge in [0, 0.05) is 19.6 Å². The van der Waals surface area contributed by atoms with Crippen LogP contribution in [0.25, 0.3) is 0 Å². The summed E-state index contributed by atoms with van der Waals surface area (Å²) in [4.78, 5) is 0. The van der Waals surface area contributed by atoms with Gasteiger partial charge in [-0.1, -0.05) is 3.77 Å². The minimum atomic E-state index is -3.68. The summed E-state index contributed by atoms with van der Waals surface area (Å²) in [7, 11) is -5.03. The second-order valence-electron chi connectivity index (χ2n) is 1.93. The Balaban J connectivity index is 4.97. The van der Waals surface area contributed by atoms with Crippen molar-refractivity contribution >= 4 is 19.9 Å². The molecule has 0 saturated carbocycles. The lowest BCUT2D eigenvalue weighted by Gasteiger charge is -1.94. The smallest absolute Gasteiger partial charge is 0.249 e. The van der Waals surface area contributed by atoms with Crippen molar-refractivity contribution in [1.82, 2.24) is 4.72 Å². The molecule has 7 heteroatoms. The van der Waals surface area contributed by atoms with Crippen molar-refractivity contribution < 1.29 is 12.6 Å². The topological polar surface area (TPSA) is 75.6 Å². The molecule has 0 bridgehead atoms. The van der Waals surface area contributed by atoms with E-state index in [0.717, 1.165) is 0 Å². The Morgan fingerprint density at radius 3 is 1.70 bits per heavy atom. The van der Waals surface area contributed by atoms with E-state index in [2.05, 4.69) is 3.77 Å². The monoisotopic (exact) mass is 186 g/mol. The largest absolute Gasteiger partial charge is 0.327 e. The minimum Gasteiger partial charge on any atom is -0.249 e. The molecule has 0 atom stereocenters. The molecule has 0 unspecified atom stereocenters. The van der Waals surface area contributed by atoms with Crippen LogP contribution in [0.4, 0.5) is 0 Å². The standard InChI is InChI=1S/C3H10N2O3S2/c1-4-10(7,8)5-9(2,3)6/h4H,1-3H3. The Morgan fingerprint density at radius 1 is 1.20 bits per heavy atom. The summed E-state index contributed by atoms with van der Waals surface area (Å²) in [5.74, 6) is 0. The van der Waals surface area contributed by atoms with Crippen molar-refractivity contribution in [2.75, 3.05) is 19.6 Å². The maximum Gasteiger partial charge on any atom is 0.327 e. The van der Waals surface area contributed by atoms with Crippen LogP contribution < -0.4 is 4.72 Å². The first-order valence-corrected chi connectivity index (χ1v) is 6.16. The van der Waals surface area contributed by atoms with Gasteiger partial charge in [-0.15, -0.1) is 0 Å². The van der Waals surface area contributed by atoms with Gasteiger partial charge in [0.2, 0.25) is 0 Å². The van der Waals surface area contributed by atoms with E-state index in [9.17, 15) is 12.6 Å². The summed E-state index contributed by atoms with van der Waals surface area (Å²) in [5, 5.41) is 0. The fourth-order valence-corrected chi connectivity index (χ4v) is 2.46. The van der Waals surface area contributed by atoms with Crippen LogP contribution in [0.15, 0.2) is 3.77 Å². The van der Waals surface area contributed by atoms with Gasteiger partial charge >= 0.3 is 10.2 Å². The Morgan fingerprint density at radius 2 is 1.60 bits per heavy atom. The predicted octanol–water partition coefficient (Wildman–Crippen LogP) is -0.822. The lowest BCUT2D eigenvalue weighted by molar-refractivity contribution is 0.590. The van der Waals surface area contributed by atoms with Crippen LogP contribution in [-0.2, 0) is 19.9 Å². The average Bonchev–Trinajstić information content (AvgIpc) is 1.60. The van der Waals surface area contributed by atoms with Gasteiger partial charge in [-0.3, -0.25) is 0 Å². The summed E-state index contributed by atoms with van der Waals surface area (Å²) in [6.07, 6.45) is 2.50. The fraction of sp³-hybridized carbons (Fsp3) is 1.00. The van der Waals surface area contributed by atoms with E-state index in [4.69, 9.17) is 0 Å². The zero-order valence-electron chi connectivity index (χ0n) is 5.99. The summed E-state index contributed by atoms with van der Waals surface area (Å²) < 4.78 is 36.9. The molecule has 1 N–H and O–H groups in total. The van der Waals surface area contributed by atoms with E-state index >= 15 is 0 Å². The third-order valence-corrected chi connectivity index (χ3v) is 3.27. The second kappa shape index (κ2) is 2.85. The maximum absolute atomic E-state index is 10.8. The van der Waals surface area contributed by atoms with Crippen LogP contribution in [0, 0.1) is 0 Å². The van der Waals surface area contributed by atoms with Crippen molar-refractivity contribution in [3.8, 4) is 0 Å². The minimum absolute atomic E-state index is 1.21. The highest BCUT2D eigenvalue weighted by Gasteiger charge is 2.04. The Bertz CT molecular complexity index is 301. The third-order valence-electron chi connectivity index (χ3n) is 0.536. The van der Waals surface area contributed by atoms with Gasteiger partial charge in [0.1, 0.15) is 0 Å². The molecule has 0 aromatic rings. The molecule has 5 nitrogen and oxygen atoms in total. The molecule has 0 saturated heterocycles. The zero-order valence-corrected chi connectivity index (χ0v) is 7.62. The molecule has 0 amide bonds. The van der Waals surface area contributed by atoms with Crippen LogP contribution >= 0.6 is 0 Å². The zero-order chi connectivity index (χ0) is 8.41. The second-order valence-corrected chi connectivity index (χ2v) is 6.25. The fourth-order valence-electron chi connectivity index (χ4n) is 0.274. The number of nitrogens with one attached hydrogen (secondary N) is 1. The number of nitrogens with zero attached hydrogens (tertiary/aromatic N) is 1. The molecule has 0 heterocycles. The van der Waals surface area contributed by atoms with Gasteiger partial charge < -0.3 is 0 Å². The van der Waals surface area contributed by atoms with Crippen LogP contribution in [0.2, 0.25) is 0 Å². The summed E-state index contributed by atoms with van der Waals surface area (Å²) in [6, 6.07) is 0. The van der Waals surface area contributed by atoms with E-state index in [-0.39, 0.29) is 0 Å². The van der Waals surface area contributed by atoms with E-state index in [0.29, 0.717) is 0 Å². The van der Waals surface area contributed by atoms with Crippen LogP contribution in [0.3, 0.4) is 0 Å². The van der Waals surface area contributed by atoms with E-state index in [1.807, 2.05) is 4.72 Å². The van der Waals surface area contributed by atoms with Gasteiger partial charge in [-0.25, -0.2) is 4.21 Å². The van der Waals surface area contributed by atoms with Gasteiger partial charge in [-0.2, -0.15) is 13.1 Å². The SMILES string of the molecule is CNS(=O)(=O)N=S(C)(C)=O. The predicted molar refractivity (Wildman–Crippen MR) is 40.4 cm³/mol. The highest BCUT2D eigenvalue weighted by Crippen LogP contribution is 1.90. The maximum atomic E-state index is 10.8. The number of rotatable bonds is 2. The normalized spacial score (nSPS) is 13.1. The molecule has 0 spiro atoms. The van der Waals surface area contributed by atoms with Crippen molar-refractivity contribution in [3.05, 3.63) is 0 Å². The van der Waals surface area contributed by atoms with Crippen molar-refractivity contribution in [1.29, 1.82) is 0 Å². The lowest BCUT2D eigenvalue weighted by Crippen LogP contribution is -2.17. The molecule has 0 fully saturated rings. The molecule has 0 aliphatic heterocycles. The van der Waals surface area contributed by atoms with Gasteiger partial charge in [-0.05, 0) is 0 Å². The molecule has 0 rings (SSSR count). The van der Waals surface area contributed by atoms with Gasteiger partial charge in [0.15, 0.2) is 0 Å². The molecule has 0 aromatic heterocycles. The summed E-state index contributed by atoms with van der Waals surface area (Å²) in [5.41, 5.74) is 0. The van der Waals surface area contributed by atoms with Crippen LogP contribution in [-0.4, -0.2) is 32.2 Å². The van der Waals surface area contributed by atoms with E-state index < -0.39 is 19.9 Å². The number of hydrogen-bond acceptors (Lipinski definition) is 3. The summed E-state index contributed by atoms with van der Waals surface area (Å²) >= 11 is 0. The molecule has 0 aliphatic rings. The Hall–Kier alpha value is -0.140. The molecule has 62 valence electrons. The molecule has 0 aliphatic carbocycles. The highest BCUT2D eigenvalue weighted by molar-refractivity contribution is 8.01. The molecule has 0 radical (unpaired) electrons. The highest BCUT2D eigenvalue weighted by atomic mass is 32.3.